The molecule has 1 aromatic heterocycles. The average Bonchev–Trinajstić information content (AvgIpc) is 3.33. The number of H-pyrrole nitrogens is 1. The van der Waals surface area contributed by atoms with Crippen LogP contribution in [0.15, 0.2) is 17.7 Å². The molecule has 1 amide bonds. The number of carbonyl (C=O) groups is 3. The van der Waals surface area contributed by atoms with Crippen LogP contribution in [0.5, 0.6) is 17.2 Å². The highest BCUT2D eigenvalue weighted by molar-refractivity contribution is 6.46. The number of nitrogens with one attached hydrogen (secondary N) is 2. The van der Waals surface area contributed by atoms with Gasteiger partial charge in [0, 0.05) is 11.3 Å². The van der Waals surface area contributed by atoms with E-state index in [4.69, 9.17) is 18.9 Å². The van der Waals surface area contributed by atoms with Crippen molar-refractivity contribution in [3.63, 3.8) is 0 Å². The molecule has 0 aliphatic carbocycles. The van der Waals surface area contributed by atoms with Gasteiger partial charge in [0.05, 0.1) is 61.2 Å². The summed E-state index contributed by atoms with van der Waals surface area (Å²) in [7, 11) is 8.23. The minimum absolute atomic E-state index is 0.127. The van der Waals surface area contributed by atoms with Crippen molar-refractivity contribution < 1.29 is 43.3 Å². The number of methoxy groups -OCH3 is 3. The van der Waals surface area contributed by atoms with Crippen LogP contribution in [0.2, 0.25) is 0 Å². The second kappa shape index (κ2) is 11.6. The minimum atomic E-state index is -1.00. The van der Waals surface area contributed by atoms with Crippen molar-refractivity contribution in [2.45, 2.75) is 26.8 Å². The maximum atomic E-state index is 14.0. The number of carbonyl (C=O) groups excluding carboxylic acids is 3. The lowest BCUT2D eigenvalue weighted by atomic mass is 9.93. The molecule has 2 N–H and O–H groups in total. The number of amides is 1. The maximum absolute atomic E-state index is 14.0. The second-order valence-corrected chi connectivity index (χ2v) is 9.23. The van der Waals surface area contributed by atoms with Crippen LogP contribution >= 0.6 is 0 Å². The summed E-state index contributed by atoms with van der Waals surface area (Å²) in [6.45, 7) is 5.84. The van der Waals surface area contributed by atoms with Crippen molar-refractivity contribution in [2.75, 3.05) is 55.1 Å². The van der Waals surface area contributed by atoms with E-state index in [1.54, 1.807) is 32.9 Å². The summed E-state index contributed by atoms with van der Waals surface area (Å²) in [5, 5.41) is 14.0. The highest BCUT2D eigenvalue weighted by Gasteiger charge is 2.45. The molecule has 2 heterocycles. The molecule has 0 saturated carbocycles. The van der Waals surface area contributed by atoms with Crippen LogP contribution in [0.3, 0.4) is 0 Å². The number of aromatic nitrogens is 1. The van der Waals surface area contributed by atoms with Gasteiger partial charge in [-0.2, -0.15) is 0 Å². The maximum Gasteiger partial charge on any atom is 0.355 e. The zero-order valence-corrected chi connectivity index (χ0v) is 23.1. The molecule has 38 heavy (non-hydrogen) atoms. The number of ether oxygens (including phenoxy) is 4. The van der Waals surface area contributed by atoms with E-state index in [0.717, 1.165) is 4.90 Å². The lowest BCUT2D eigenvalue weighted by Crippen LogP contribution is -3.06. The standard InChI is InChI=1S/C27H35N3O8/c1-9-38-27(34)21-14(2)19(15(3)28-21)23(31)20-22(30(11-10-29(4)5)26(33)24(20)32)16-12-17(35-6)25(37-8)18(13-16)36-7/h12-13,22,28,31H,9-11H2,1-8H3. The van der Waals surface area contributed by atoms with Crippen molar-refractivity contribution in [1.29, 1.82) is 0 Å². The van der Waals surface area contributed by atoms with Crippen LogP contribution in [0.4, 0.5) is 0 Å². The number of esters is 1. The lowest BCUT2D eigenvalue weighted by Gasteiger charge is -2.28. The average molecular weight is 530 g/mol. The Kier molecular flexibility index (Phi) is 8.72. The van der Waals surface area contributed by atoms with Crippen molar-refractivity contribution in [2.24, 2.45) is 0 Å². The Morgan fingerprint density at radius 3 is 2.18 bits per heavy atom. The zero-order valence-electron chi connectivity index (χ0n) is 23.1. The van der Waals surface area contributed by atoms with Gasteiger partial charge in [-0.15, -0.1) is 0 Å². The van der Waals surface area contributed by atoms with E-state index in [9.17, 15) is 19.5 Å². The van der Waals surface area contributed by atoms with Gasteiger partial charge in [0.15, 0.2) is 11.5 Å². The third kappa shape index (κ3) is 5.06. The Morgan fingerprint density at radius 1 is 1.08 bits per heavy atom. The van der Waals surface area contributed by atoms with Gasteiger partial charge in [-0.3, -0.25) is 9.59 Å². The Hall–Kier alpha value is -3.99. The number of aromatic amines is 1. The molecule has 0 spiro atoms. The largest absolute Gasteiger partial charge is 0.872 e. The molecule has 1 aliphatic rings. The van der Waals surface area contributed by atoms with Crippen molar-refractivity contribution >= 4 is 23.4 Å². The minimum Gasteiger partial charge on any atom is -0.872 e. The predicted molar refractivity (Wildman–Crippen MR) is 136 cm³/mol. The fraction of sp³-hybridized carbons (Fsp3) is 0.444. The van der Waals surface area contributed by atoms with E-state index in [-0.39, 0.29) is 30.0 Å². The molecule has 0 radical (unpaired) electrons. The predicted octanol–water partition coefficient (Wildman–Crippen LogP) is 0.203. The highest BCUT2D eigenvalue weighted by atomic mass is 16.5. The van der Waals surface area contributed by atoms with Gasteiger partial charge in [0.25, 0.3) is 5.91 Å². The molecule has 2 aromatic rings. The first-order valence-corrected chi connectivity index (χ1v) is 12.2. The first kappa shape index (κ1) is 28.6. The number of rotatable bonds is 10. The van der Waals surface area contributed by atoms with Gasteiger partial charge in [-0.1, -0.05) is 5.76 Å². The monoisotopic (exact) mass is 529 g/mol. The number of hydrogen-bond donors (Lipinski definition) is 2. The normalized spacial score (nSPS) is 16.8. The summed E-state index contributed by atoms with van der Waals surface area (Å²) >= 11 is 0. The summed E-state index contributed by atoms with van der Waals surface area (Å²) in [4.78, 5) is 44.5. The van der Waals surface area contributed by atoms with Crippen LogP contribution in [0.25, 0.3) is 5.76 Å². The molecule has 3 rings (SSSR count). The van der Waals surface area contributed by atoms with Crippen molar-refractivity contribution in [1.82, 2.24) is 9.88 Å². The Bertz CT molecular complexity index is 1250. The molecule has 1 fully saturated rings. The van der Waals surface area contributed by atoms with Gasteiger partial charge in [0.1, 0.15) is 5.69 Å². The van der Waals surface area contributed by atoms with Gasteiger partial charge in [0.2, 0.25) is 11.5 Å². The summed E-state index contributed by atoms with van der Waals surface area (Å²) < 4.78 is 21.5. The molecule has 0 bridgehead atoms. The van der Waals surface area contributed by atoms with Crippen molar-refractivity contribution in [3.05, 3.63) is 45.8 Å². The van der Waals surface area contributed by atoms with Gasteiger partial charge in [-0.05, 0) is 49.6 Å². The van der Waals surface area contributed by atoms with Crippen LogP contribution in [-0.2, 0) is 14.3 Å². The number of ketones is 1. The Labute approximate surface area is 221 Å². The number of nitrogens with zero attached hydrogens (tertiary/aromatic N) is 1. The number of likely N-dealkylation sites (N-methyl/N-ethyl adjacent to an activating group) is 1. The van der Waals surface area contributed by atoms with E-state index >= 15 is 0 Å². The molecule has 1 aliphatic heterocycles. The second-order valence-electron chi connectivity index (χ2n) is 9.23. The third-order valence-corrected chi connectivity index (χ3v) is 6.53. The number of likely N-dealkylation sites (tertiary alicyclic amines) is 1. The summed E-state index contributed by atoms with van der Waals surface area (Å²) in [6.07, 6.45) is 0. The highest BCUT2D eigenvalue weighted by Crippen LogP contribution is 2.45. The number of aryl methyl sites for hydroxylation is 1. The van der Waals surface area contributed by atoms with E-state index in [2.05, 4.69) is 4.98 Å². The topological polar surface area (TPSA) is 135 Å². The quantitative estimate of drug-likeness (QED) is 0.193. The van der Waals surface area contributed by atoms with Crippen LogP contribution in [0.1, 0.15) is 45.8 Å². The number of hydrogen-bond acceptors (Lipinski definition) is 8. The molecule has 11 nitrogen and oxygen atoms in total. The van der Waals surface area contributed by atoms with E-state index in [1.165, 1.54) is 26.2 Å². The van der Waals surface area contributed by atoms with Gasteiger partial charge in [-0.25, -0.2) is 4.79 Å². The molecule has 1 atom stereocenters. The fourth-order valence-electron chi connectivity index (χ4n) is 4.68. The zero-order chi connectivity index (χ0) is 28.3. The van der Waals surface area contributed by atoms with E-state index < -0.39 is 29.5 Å². The lowest BCUT2D eigenvalue weighted by molar-refractivity contribution is -0.857. The van der Waals surface area contributed by atoms with Crippen LogP contribution in [-0.4, -0.2) is 82.7 Å². The molecule has 206 valence electrons. The van der Waals surface area contributed by atoms with Crippen LogP contribution < -0.4 is 24.2 Å². The smallest absolute Gasteiger partial charge is 0.355 e. The Balaban J connectivity index is 2.30. The number of benzene rings is 1. The molecule has 11 heteroatoms. The molecule has 1 aromatic carbocycles. The number of quaternary nitrogens is 1. The van der Waals surface area contributed by atoms with Crippen molar-refractivity contribution in [3.8, 4) is 17.2 Å². The molecular formula is C27H35N3O8. The Morgan fingerprint density at radius 2 is 1.68 bits per heavy atom. The summed E-state index contributed by atoms with van der Waals surface area (Å²) in [6, 6.07) is 2.25. The van der Waals surface area contributed by atoms with E-state index in [1.807, 2.05) is 14.1 Å². The SMILES string of the molecule is CCOC(=O)c1[nH]c(C)c(C([O-])=C2C(=O)C(=O)N(CC[NH+](C)C)C2c2cc(OC)c(OC)c(OC)c2)c1C. The molecule has 1 saturated heterocycles. The summed E-state index contributed by atoms with van der Waals surface area (Å²) in [5.74, 6) is -1.94. The van der Waals surface area contributed by atoms with Crippen LogP contribution in [0, 0.1) is 13.8 Å². The number of Topliss-reactive ketones (excluding diaryl/α,β-unsaturated/α-hetero) is 1. The van der Waals surface area contributed by atoms with E-state index in [0.29, 0.717) is 40.6 Å². The van der Waals surface area contributed by atoms with Gasteiger partial charge >= 0.3 is 5.97 Å². The summed E-state index contributed by atoms with van der Waals surface area (Å²) in [5.41, 5.74) is 1.26. The third-order valence-electron chi connectivity index (χ3n) is 6.53. The first-order valence-electron chi connectivity index (χ1n) is 12.2. The molecule has 1 unspecified atom stereocenters. The fourth-order valence-corrected chi connectivity index (χ4v) is 4.68. The first-order chi connectivity index (χ1) is 18.0. The molecular weight excluding hydrogens is 494 g/mol. The van der Waals surface area contributed by atoms with Gasteiger partial charge < -0.3 is 38.8 Å².